The Kier molecular flexibility index (Phi) is 5.36. The highest BCUT2D eigenvalue weighted by Gasteiger charge is 2.29. The molecule has 1 fully saturated rings. The van der Waals surface area contributed by atoms with Gasteiger partial charge in [0.15, 0.2) is 0 Å². The summed E-state index contributed by atoms with van der Waals surface area (Å²) in [5.41, 5.74) is 0.305. The maximum Gasteiger partial charge on any atom is 0.261 e. The van der Waals surface area contributed by atoms with Gasteiger partial charge in [0, 0.05) is 25.2 Å². The molecule has 3 heterocycles. The SMILES string of the molecule is CC(C)(CNC(=O)c1ccc(-c2cccs2)[nH]c1=O)N1CCOCC1. The van der Waals surface area contributed by atoms with E-state index >= 15 is 0 Å². The van der Waals surface area contributed by atoms with Gasteiger partial charge in [-0.05, 0) is 37.4 Å². The number of nitrogens with zero attached hydrogens (tertiary/aromatic N) is 1. The second kappa shape index (κ2) is 7.51. The molecule has 1 amide bonds. The molecule has 0 saturated carbocycles. The first-order valence-electron chi connectivity index (χ1n) is 8.35. The average Bonchev–Trinajstić information content (AvgIpc) is 3.15. The van der Waals surface area contributed by atoms with Crippen LogP contribution in [0.3, 0.4) is 0 Å². The van der Waals surface area contributed by atoms with Crippen molar-refractivity contribution in [3.05, 3.63) is 45.6 Å². The van der Waals surface area contributed by atoms with Gasteiger partial charge in [0.2, 0.25) is 0 Å². The molecule has 0 radical (unpaired) electrons. The molecule has 6 nitrogen and oxygen atoms in total. The molecule has 134 valence electrons. The van der Waals surface area contributed by atoms with Gasteiger partial charge in [0.1, 0.15) is 5.56 Å². The molecule has 7 heteroatoms. The molecule has 1 saturated heterocycles. The summed E-state index contributed by atoms with van der Waals surface area (Å²) < 4.78 is 5.37. The van der Waals surface area contributed by atoms with Crippen molar-refractivity contribution in [2.24, 2.45) is 0 Å². The Bertz CT molecular complexity index is 777. The van der Waals surface area contributed by atoms with Crippen molar-refractivity contribution in [3.63, 3.8) is 0 Å². The van der Waals surface area contributed by atoms with E-state index in [0.717, 1.165) is 23.7 Å². The van der Waals surface area contributed by atoms with Crippen LogP contribution in [0.4, 0.5) is 0 Å². The second-order valence-electron chi connectivity index (χ2n) is 6.69. The van der Waals surface area contributed by atoms with Gasteiger partial charge in [-0.15, -0.1) is 11.3 Å². The summed E-state index contributed by atoms with van der Waals surface area (Å²) in [4.78, 5) is 30.7. The first-order valence-corrected chi connectivity index (χ1v) is 9.23. The number of pyridine rings is 1. The number of H-pyrrole nitrogens is 1. The summed E-state index contributed by atoms with van der Waals surface area (Å²) in [7, 11) is 0. The van der Waals surface area contributed by atoms with Crippen LogP contribution in [-0.2, 0) is 4.74 Å². The van der Waals surface area contributed by atoms with Crippen LogP contribution in [0.1, 0.15) is 24.2 Å². The quantitative estimate of drug-likeness (QED) is 0.854. The lowest BCUT2D eigenvalue weighted by atomic mass is 10.0. The Labute approximate surface area is 150 Å². The third-order valence-electron chi connectivity index (χ3n) is 4.49. The highest BCUT2D eigenvalue weighted by molar-refractivity contribution is 7.13. The molecule has 25 heavy (non-hydrogen) atoms. The Balaban J connectivity index is 1.66. The Morgan fingerprint density at radius 2 is 2.08 bits per heavy atom. The fraction of sp³-hybridized carbons (Fsp3) is 0.444. The molecule has 0 aromatic carbocycles. The molecule has 2 aromatic heterocycles. The largest absolute Gasteiger partial charge is 0.379 e. The minimum absolute atomic E-state index is 0.137. The van der Waals surface area contributed by atoms with E-state index in [1.807, 2.05) is 17.5 Å². The van der Waals surface area contributed by atoms with Crippen LogP contribution >= 0.6 is 11.3 Å². The zero-order valence-electron chi connectivity index (χ0n) is 14.5. The smallest absolute Gasteiger partial charge is 0.261 e. The molecular weight excluding hydrogens is 338 g/mol. The number of hydrogen-bond acceptors (Lipinski definition) is 5. The molecule has 0 bridgehead atoms. The van der Waals surface area contributed by atoms with E-state index in [1.165, 1.54) is 0 Å². The number of carbonyl (C=O) groups is 1. The minimum atomic E-state index is -0.368. The van der Waals surface area contributed by atoms with Crippen LogP contribution in [0.5, 0.6) is 0 Å². The van der Waals surface area contributed by atoms with Crippen molar-refractivity contribution < 1.29 is 9.53 Å². The first-order chi connectivity index (χ1) is 12.0. The number of rotatable bonds is 5. The lowest BCUT2D eigenvalue weighted by molar-refractivity contribution is -0.00923. The van der Waals surface area contributed by atoms with Crippen molar-refractivity contribution in [3.8, 4) is 10.6 Å². The first kappa shape index (κ1) is 17.8. The summed E-state index contributed by atoms with van der Waals surface area (Å²) in [6, 6.07) is 7.22. The van der Waals surface area contributed by atoms with Crippen LogP contribution in [0.2, 0.25) is 0 Å². The van der Waals surface area contributed by atoms with E-state index in [0.29, 0.717) is 19.8 Å². The minimum Gasteiger partial charge on any atom is -0.379 e. The predicted octanol–water partition coefficient (Wildman–Crippen LogP) is 1.94. The molecule has 1 aliphatic heterocycles. The van der Waals surface area contributed by atoms with Crippen LogP contribution in [0.15, 0.2) is 34.4 Å². The maximum absolute atomic E-state index is 12.4. The van der Waals surface area contributed by atoms with Crippen molar-refractivity contribution in [2.45, 2.75) is 19.4 Å². The highest BCUT2D eigenvalue weighted by atomic mass is 32.1. The number of morpholine rings is 1. The van der Waals surface area contributed by atoms with E-state index in [1.54, 1.807) is 23.5 Å². The molecule has 2 N–H and O–H groups in total. The molecule has 0 unspecified atom stereocenters. The van der Waals surface area contributed by atoms with Crippen molar-refractivity contribution >= 4 is 17.2 Å². The molecule has 3 rings (SSSR count). The van der Waals surface area contributed by atoms with Gasteiger partial charge in [0.05, 0.1) is 23.8 Å². The molecular formula is C18H23N3O3S. The molecule has 1 aliphatic rings. The molecule has 0 spiro atoms. The number of ether oxygens (including phenoxy) is 1. The number of amides is 1. The predicted molar refractivity (Wildman–Crippen MR) is 99.2 cm³/mol. The van der Waals surface area contributed by atoms with E-state index < -0.39 is 0 Å². The molecule has 2 aromatic rings. The van der Waals surface area contributed by atoms with Crippen LogP contribution in [0, 0.1) is 0 Å². The monoisotopic (exact) mass is 361 g/mol. The number of aromatic nitrogens is 1. The van der Waals surface area contributed by atoms with Crippen LogP contribution in [0.25, 0.3) is 10.6 Å². The Hall–Kier alpha value is -1.96. The van der Waals surface area contributed by atoms with Crippen molar-refractivity contribution in [2.75, 3.05) is 32.8 Å². The lowest BCUT2D eigenvalue weighted by Crippen LogP contribution is -2.55. The summed E-state index contributed by atoms with van der Waals surface area (Å²) in [6.45, 7) is 7.75. The van der Waals surface area contributed by atoms with Gasteiger partial charge in [-0.2, -0.15) is 0 Å². The van der Waals surface area contributed by atoms with E-state index in [4.69, 9.17) is 4.74 Å². The lowest BCUT2D eigenvalue weighted by Gasteiger charge is -2.40. The van der Waals surface area contributed by atoms with Gasteiger partial charge in [0.25, 0.3) is 11.5 Å². The van der Waals surface area contributed by atoms with Gasteiger partial charge >= 0.3 is 0 Å². The normalized spacial score (nSPS) is 15.9. The van der Waals surface area contributed by atoms with Crippen molar-refractivity contribution in [1.82, 2.24) is 15.2 Å². The van der Waals surface area contributed by atoms with Crippen molar-refractivity contribution in [1.29, 1.82) is 0 Å². The van der Waals surface area contributed by atoms with E-state index in [-0.39, 0.29) is 22.6 Å². The van der Waals surface area contributed by atoms with Gasteiger partial charge in [-0.3, -0.25) is 14.5 Å². The average molecular weight is 361 g/mol. The van der Waals surface area contributed by atoms with Crippen LogP contribution in [-0.4, -0.2) is 54.2 Å². The second-order valence-corrected chi connectivity index (χ2v) is 7.63. The topological polar surface area (TPSA) is 74.4 Å². The maximum atomic E-state index is 12.4. The molecule has 0 aliphatic carbocycles. The third-order valence-corrected chi connectivity index (χ3v) is 5.39. The van der Waals surface area contributed by atoms with E-state index in [9.17, 15) is 9.59 Å². The van der Waals surface area contributed by atoms with Gasteiger partial charge < -0.3 is 15.0 Å². The van der Waals surface area contributed by atoms with Gasteiger partial charge in [-0.1, -0.05) is 6.07 Å². The van der Waals surface area contributed by atoms with Gasteiger partial charge in [-0.25, -0.2) is 0 Å². The van der Waals surface area contributed by atoms with Crippen LogP contribution < -0.4 is 10.9 Å². The number of thiophene rings is 1. The number of hydrogen-bond donors (Lipinski definition) is 2. The fourth-order valence-electron chi connectivity index (χ4n) is 2.90. The summed E-state index contributed by atoms with van der Waals surface area (Å²) >= 11 is 1.54. The summed E-state index contributed by atoms with van der Waals surface area (Å²) in [5.74, 6) is -0.347. The fourth-order valence-corrected chi connectivity index (χ4v) is 3.61. The zero-order valence-corrected chi connectivity index (χ0v) is 15.3. The summed E-state index contributed by atoms with van der Waals surface area (Å²) in [5, 5.41) is 4.84. The Morgan fingerprint density at radius 1 is 1.32 bits per heavy atom. The third kappa shape index (κ3) is 4.18. The molecule has 0 atom stereocenters. The number of aromatic amines is 1. The number of nitrogens with one attached hydrogen (secondary N) is 2. The summed E-state index contributed by atoms with van der Waals surface area (Å²) in [6.07, 6.45) is 0. The van der Waals surface area contributed by atoms with E-state index in [2.05, 4.69) is 29.0 Å². The zero-order chi connectivity index (χ0) is 17.9. The Morgan fingerprint density at radius 3 is 2.72 bits per heavy atom. The highest BCUT2D eigenvalue weighted by Crippen LogP contribution is 2.21. The standard InChI is InChI=1S/C18H23N3O3S/c1-18(2,21-7-9-24-10-8-21)12-19-16(22)13-5-6-14(20-17(13)23)15-4-3-11-25-15/h3-6,11H,7-10,12H2,1-2H3,(H,19,22)(H,20,23). The number of carbonyl (C=O) groups excluding carboxylic acids is 1.